The lowest BCUT2D eigenvalue weighted by molar-refractivity contribution is -0.160. The van der Waals surface area contributed by atoms with Gasteiger partial charge in [-0.2, -0.15) is 0 Å². The van der Waals surface area contributed by atoms with Crippen molar-refractivity contribution in [2.75, 3.05) is 13.1 Å². The van der Waals surface area contributed by atoms with Crippen molar-refractivity contribution in [3.63, 3.8) is 0 Å². The van der Waals surface area contributed by atoms with E-state index in [0.717, 1.165) is 0 Å². The Hall–Kier alpha value is -2.94. The number of hydrogen-bond acceptors (Lipinski definition) is 5. The highest BCUT2D eigenvalue weighted by Gasteiger charge is 2.43. The molecule has 2 aliphatic rings. The first-order valence-electron chi connectivity index (χ1n) is 8.12. The number of urea groups is 1. The maximum atomic E-state index is 12.8. The topological polar surface area (TPSA) is 125 Å². The third-order valence-electron chi connectivity index (χ3n) is 4.55. The molecule has 0 saturated carbocycles. The van der Waals surface area contributed by atoms with Crippen LogP contribution < -0.4 is 10.6 Å². The zero-order valence-electron chi connectivity index (χ0n) is 14.3. The van der Waals surface area contributed by atoms with Gasteiger partial charge in [-0.15, -0.1) is 0 Å². The van der Waals surface area contributed by atoms with Gasteiger partial charge in [-0.25, -0.2) is 9.59 Å². The van der Waals surface area contributed by atoms with Crippen LogP contribution in [0.5, 0.6) is 0 Å². The fourth-order valence-electron chi connectivity index (χ4n) is 3.15. The van der Waals surface area contributed by atoms with Crippen LogP contribution >= 0.6 is 0 Å². The molecule has 1 aromatic rings. The van der Waals surface area contributed by atoms with Crippen LogP contribution in [0.4, 0.5) is 4.79 Å². The number of rotatable bonds is 3. The lowest BCUT2D eigenvalue weighted by Crippen LogP contribution is -2.51. The molecule has 2 saturated heterocycles. The van der Waals surface area contributed by atoms with Crippen LogP contribution in [-0.4, -0.2) is 59.1 Å². The Morgan fingerprint density at radius 3 is 2.65 bits per heavy atom. The van der Waals surface area contributed by atoms with Gasteiger partial charge in [-0.05, 0) is 31.5 Å². The van der Waals surface area contributed by atoms with E-state index >= 15 is 0 Å². The molecule has 9 heteroatoms. The summed E-state index contributed by atoms with van der Waals surface area (Å²) >= 11 is 0. The quantitative estimate of drug-likeness (QED) is 0.654. The number of carboxylic acid groups (broad SMARTS) is 1. The SMILES string of the molecule is C[C@@H]1CN(C(=O)c2cccc(C3(C)NC(=O)NC3=O)c2)CC(C(=O)O)O1. The first kappa shape index (κ1) is 17.9. The van der Waals surface area contributed by atoms with Crippen molar-refractivity contribution in [3.8, 4) is 0 Å². The van der Waals surface area contributed by atoms with Gasteiger partial charge in [-0.3, -0.25) is 14.9 Å². The number of imide groups is 1. The van der Waals surface area contributed by atoms with E-state index in [-0.39, 0.29) is 19.0 Å². The first-order chi connectivity index (χ1) is 12.2. The van der Waals surface area contributed by atoms with Crippen LogP contribution in [0, 0.1) is 0 Å². The summed E-state index contributed by atoms with van der Waals surface area (Å²) in [5.74, 6) is -1.99. The highest BCUT2D eigenvalue weighted by atomic mass is 16.5. The molecule has 3 N–H and O–H groups in total. The molecular formula is C17H19N3O6. The van der Waals surface area contributed by atoms with Crippen LogP contribution in [0.1, 0.15) is 29.8 Å². The highest BCUT2D eigenvalue weighted by Crippen LogP contribution is 2.26. The Morgan fingerprint density at radius 2 is 2.04 bits per heavy atom. The van der Waals surface area contributed by atoms with E-state index in [4.69, 9.17) is 9.84 Å². The van der Waals surface area contributed by atoms with Crippen LogP contribution in [0.3, 0.4) is 0 Å². The fraction of sp³-hybridized carbons (Fsp3) is 0.412. The van der Waals surface area contributed by atoms with Crippen molar-refractivity contribution < 1.29 is 29.0 Å². The van der Waals surface area contributed by atoms with Crippen molar-refractivity contribution >= 4 is 23.8 Å². The van der Waals surface area contributed by atoms with Crippen molar-refractivity contribution in [2.24, 2.45) is 0 Å². The summed E-state index contributed by atoms with van der Waals surface area (Å²) in [6.07, 6.45) is -1.49. The first-order valence-corrected chi connectivity index (χ1v) is 8.12. The predicted octanol–water partition coefficient (Wildman–Crippen LogP) is 0.0553. The molecule has 2 fully saturated rings. The number of carbonyl (C=O) groups is 4. The Labute approximate surface area is 149 Å². The Morgan fingerprint density at radius 1 is 1.31 bits per heavy atom. The lowest BCUT2D eigenvalue weighted by Gasteiger charge is -2.35. The average Bonchev–Trinajstić information content (AvgIpc) is 2.87. The van der Waals surface area contributed by atoms with Crippen LogP contribution in [0.2, 0.25) is 0 Å². The van der Waals surface area contributed by atoms with E-state index < -0.39 is 35.7 Å². The summed E-state index contributed by atoms with van der Waals surface area (Å²) in [5, 5.41) is 13.9. The van der Waals surface area contributed by atoms with Crippen LogP contribution in [-0.2, 0) is 19.9 Å². The largest absolute Gasteiger partial charge is 0.479 e. The summed E-state index contributed by atoms with van der Waals surface area (Å²) in [5.41, 5.74) is -0.506. The smallest absolute Gasteiger partial charge is 0.334 e. The van der Waals surface area contributed by atoms with E-state index in [0.29, 0.717) is 11.1 Å². The van der Waals surface area contributed by atoms with E-state index in [1.165, 1.54) is 11.0 Å². The molecule has 0 aromatic heterocycles. The molecule has 3 atom stereocenters. The number of ether oxygens (including phenoxy) is 1. The molecule has 0 radical (unpaired) electrons. The van der Waals surface area contributed by atoms with Gasteiger partial charge in [0, 0.05) is 12.1 Å². The van der Waals surface area contributed by atoms with Crippen LogP contribution in [0.15, 0.2) is 24.3 Å². The standard InChI is InChI=1S/C17H19N3O6/c1-9-7-20(8-12(26-9)14(22)23)13(21)10-4-3-5-11(6-10)17(2)15(24)18-16(25)19-17/h3-6,9,12H,7-8H2,1-2H3,(H,22,23)(H2,18,19,24,25)/t9-,12?,17?/m1/s1. The Balaban J connectivity index is 1.86. The molecule has 138 valence electrons. The number of benzene rings is 1. The summed E-state index contributed by atoms with van der Waals surface area (Å²) in [7, 11) is 0. The molecule has 0 aliphatic carbocycles. The van der Waals surface area contributed by atoms with Gasteiger partial charge in [0.1, 0.15) is 5.54 Å². The minimum Gasteiger partial charge on any atom is -0.479 e. The minimum absolute atomic E-state index is 0.0583. The molecule has 2 aliphatic heterocycles. The monoisotopic (exact) mass is 361 g/mol. The van der Waals surface area contributed by atoms with E-state index in [1.54, 1.807) is 32.0 Å². The molecule has 2 heterocycles. The molecule has 2 unspecified atom stereocenters. The van der Waals surface area contributed by atoms with E-state index in [9.17, 15) is 19.2 Å². The number of carboxylic acids is 1. The molecule has 0 spiro atoms. The number of morpholine rings is 1. The second kappa shape index (κ2) is 6.41. The van der Waals surface area contributed by atoms with E-state index in [2.05, 4.69) is 10.6 Å². The summed E-state index contributed by atoms with van der Waals surface area (Å²) in [4.78, 5) is 49.0. The maximum Gasteiger partial charge on any atom is 0.334 e. The lowest BCUT2D eigenvalue weighted by atomic mass is 9.91. The van der Waals surface area contributed by atoms with Crippen LogP contribution in [0.25, 0.3) is 0 Å². The number of nitrogens with zero attached hydrogens (tertiary/aromatic N) is 1. The van der Waals surface area contributed by atoms with Gasteiger partial charge in [-0.1, -0.05) is 12.1 Å². The zero-order valence-corrected chi connectivity index (χ0v) is 14.3. The average molecular weight is 361 g/mol. The third-order valence-corrected chi connectivity index (χ3v) is 4.55. The predicted molar refractivity (Wildman–Crippen MR) is 88.3 cm³/mol. The summed E-state index contributed by atoms with van der Waals surface area (Å²) in [6.45, 7) is 3.46. The maximum absolute atomic E-state index is 12.8. The molecule has 0 bridgehead atoms. The molecular weight excluding hydrogens is 342 g/mol. The van der Waals surface area contributed by atoms with Crippen molar-refractivity contribution in [2.45, 2.75) is 31.6 Å². The second-order valence-electron chi connectivity index (χ2n) is 6.60. The van der Waals surface area contributed by atoms with Gasteiger partial charge in [0.25, 0.3) is 11.8 Å². The van der Waals surface area contributed by atoms with Gasteiger partial charge in [0.05, 0.1) is 12.6 Å². The zero-order chi connectivity index (χ0) is 19.1. The number of hydrogen-bond donors (Lipinski definition) is 3. The fourth-order valence-corrected chi connectivity index (χ4v) is 3.15. The highest BCUT2D eigenvalue weighted by molar-refractivity contribution is 6.07. The van der Waals surface area contributed by atoms with Crippen molar-refractivity contribution in [3.05, 3.63) is 35.4 Å². The van der Waals surface area contributed by atoms with Gasteiger partial charge in [0.15, 0.2) is 6.10 Å². The molecule has 9 nitrogen and oxygen atoms in total. The summed E-state index contributed by atoms with van der Waals surface area (Å²) in [6, 6.07) is 5.78. The van der Waals surface area contributed by atoms with Crippen molar-refractivity contribution in [1.82, 2.24) is 15.5 Å². The normalized spacial score (nSPS) is 28.5. The van der Waals surface area contributed by atoms with Gasteiger partial charge in [0.2, 0.25) is 0 Å². The third kappa shape index (κ3) is 3.13. The Bertz CT molecular complexity index is 794. The van der Waals surface area contributed by atoms with E-state index in [1.807, 2.05) is 0 Å². The Kier molecular flexibility index (Phi) is 4.41. The van der Waals surface area contributed by atoms with Gasteiger partial charge >= 0.3 is 12.0 Å². The van der Waals surface area contributed by atoms with Crippen molar-refractivity contribution in [1.29, 1.82) is 0 Å². The molecule has 4 amide bonds. The number of aliphatic carboxylic acids is 1. The number of nitrogens with one attached hydrogen (secondary N) is 2. The second-order valence-corrected chi connectivity index (χ2v) is 6.60. The molecule has 3 rings (SSSR count). The summed E-state index contributed by atoms with van der Waals surface area (Å²) < 4.78 is 5.32. The minimum atomic E-state index is -1.27. The number of amides is 4. The molecule has 26 heavy (non-hydrogen) atoms. The van der Waals surface area contributed by atoms with Gasteiger partial charge < -0.3 is 20.1 Å². The number of carbonyl (C=O) groups excluding carboxylic acids is 3. The molecule has 1 aromatic carbocycles.